The minimum atomic E-state index is -1.56. The number of fused-ring (bicyclic) bond motifs is 4. The number of nitrogen functional groups attached to an aromatic ring is 2. The predicted molar refractivity (Wildman–Crippen MR) is 153 cm³/mol. The molecule has 41 heavy (non-hydrogen) atoms. The zero-order valence-corrected chi connectivity index (χ0v) is 24.7. The standard InChI is InChI=1S/C21H25FN10O5P2S2/c22-13-16-12(36-21(13)32-8-30-15-18(24)26-6-28-20(15)32)4-35-39(41-40)34-3-10-9(2-33-38-37-16)1-11(10)31-7-29-14-17(23)25-5-27-19(14)31/h5-13,16,21,38,40H,1-4H2,(H2,23,25,27)(H2,24,26,28)/t9-,10-,11-,12-,13-,16-,21-,39?/m1/s1. The van der Waals surface area contributed by atoms with Crippen LogP contribution < -0.4 is 11.5 Å². The van der Waals surface area contributed by atoms with Gasteiger partial charge in [0.2, 0.25) is 7.58 Å². The molecule has 1 aliphatic carbocycles. The van der Waals surface area contributed by atoms with Crippen LogP contribution in [0.4, 0.5) is 16.0 Å². The number of alkyl halides is 1. The van der Waals surface area contributed by atoms with E-state index in [1.807, 2.05) is 4.57 Å². The van der Waals surface area contributed by atoms with Crippen molar-refractivity contribution in [2.75, 3.05) is 31.3 Å². The maximum absolute atomic E-state index is 15.9. The molecule has 3 aliphatic rings. The van der Waals surface area contributed by atoms with E-state index in [0.717, 1.165) is 16.8 Å². The Bertz CT molecular complexity index is 1560. The number of aromatic nitrogens is 8. The van der Waals surface area contributed by atoms with E-state index in [-0.39, 0.29) is 30.3 Å². The summed E-state index contributed by atoms with van der Waals surface area (Å²) in [5.41, 5.74) is 13.8. The second-order valence-electron chi connectivity index (χ2n) is 9.78. The van der Waals surface area contributed by atoms with Crippen LogP contribution in [-0.2, 0) is 22.8 Å². The molecule has 4 aromatic heterocycles. The third-order valence-electron chi connectivity index (χ3n) is 7.64. The van der Waals surface area contributed by atoms with Gasteiger partial charge in [0, 0.05) is 12.0 Å². The number of nitrogens with zero attached hydrogens (tertiary/aromatic N) is 8. The molecule has 4 aromatic rings. The molecule has 0 bridgehead atoms. The molecule has 3 fully saturated rings. The molecule has 2 aliphatic heterocycles. The fourth-order valence-electron chi connectivity index (χ4n) is 5.49. The normalized spacial score (nSPS) is 33.5. The van der Waals surface area contributed by atoms with Gasteiger partial charge < -0.3 is 38.9 Å². The summed E-state index contributed by atoms with van der Waals surface area (Å²) < 4.78 is 49.6. The number of ether oxygens (including phenoxy) is 1. The maximum atomic E-state index is 15.9. The third-order valence-corrected chi connectivity index (χ3v) is 11.4. The van der Waals surface area contributed by atoms with Crippen molar-refractivity contribution in [2.45, 2.75) is 37.1 Å². The number of thiol groups is 1. The summed E-state index contributed by atoms with van der Waals surface area (Å²) in [4.78, 5) is 25.2. The first-order chi connectivity index (χ1) is 20.0. The van der Waals surface area contributed by atoms with Gasteiger partial charge in [0.15, 0.2) is 44.4 Å². The molecule has 0 spiro atoms. The number of rotatable bonds is 3. The van der Waals surface area contributed by atoms with Crippen molar-refractivity contribution >= 4 is 72.6 Å². The monoisotopic (exact) mass is 642 g/mol. The Morgan fingerprint density at radius 1 is 0.951 bits per heavy atom. The van der Waals surface area contributed by atoms with Crippen LogP contribution in [0.2, 0.25) is 0 Å². The van der Waals surface area contributed by atoms with E-state index in [1.165, 1.54) is 23.5 Å². The van der Waals surface area contributed by atoms with Crippen LogP contribution >= 0.6 is 38.7 Å². The molecule has 4 N–H and O–H groups in total. The largest absolute Gasteiger partial charge is 0.382 e. The van der Waals surface area contributed by atoms with Crippen LogP contribution in [-0.4, -0.2) is 77.2 Å². The number of halogens is 1. The van der Waals surface area contributed by atoms with Gasteiger partial charge in [-0.15, -0.1) is 11.7 Å². The summed E-state index contributed by atoms with van der Waals surface area (Å²) in [5, 5.41) is 0. The molecule has 7 rings (SSSR count). The van der Waals surface area contributed by atoms with Crippen molar-refractivity contribution in [3.8, 4) is 0 Å². The van der Waals surface area contributed by atoms with Crippen molar-refractivity contribution in [1.29, 1.82) is 0 Å². The molecule has 218 valence electrons. The second kappa shape index (κ2) is 11.6. The van der Waals surface area contributed by atoms with E-state index in [1.54, 1.807) is 6.33 Å². The number of hydrogen-bond donors (Lipinski definition) is 3. The molecule has 0 aromatic carbocycles. The van der Waals surface area contributed by atoms with Gasteiger partial charge in [0.25, 0.3) is 0 Å². The molecule has 6 heterocycles. The van der Waals surface area contributed by atoms with Crippen molar-refractivity contribution in [3.63, 3.8) is 0 Å². The summed E-state index contributed by atoms with van der Waals surface area (Å²) in [6.45, 7) is 0.836. The number of hydrogen-bond acceptors (Lipinski definition) is 15. The zero-order valence-electron chi connectivity index (χ0n) is 21.1. The van der Waals surface area contributed by atoms with Gasteiger partial charge in [0.1, 0.15) is 35.9 Å². The van der Waals surface area contributed by atoms with Gasteiger partial charge in [-0.05, 0) is 22.8 Å². The maximum Gasteiger partial charge on any atom is 0.249 e. The average Bonchev–Trinajstić information content (AvgIpc) is 3.66. The molecular weight excluding hydrogens is 617 g/mol. The first-order valence-corrected chi connectivity index (χ1v) is 17.1. The summed E-state index contributed by atoms with van der Waals surface area (Å²) in [5.74, 6) is 0.784. The van der Waals surface area contributed by atoms with Crippen LogP contribution in [0.5, 0.6) is 0 Å². The Hall–Kier alpha value is -2.01. The molecule has 9 atom stereocenters. The topological polar surface area (TPSA) is 185 Å². The van der Waals surface area contributed by atoms with Gasteiger partial charge >= 0.3 is 0 Å². The lowest BCUT2D eigenvalue weighted by molar-refractivity contribution is -0.0385. The lowest BCUT2D eigenvalue weighted by Crippen LogP contribution is -2.43. The molecule has 1 saturated carbocycles. The van der Waals surface area contributed by atoms with Gasteiger partial charge in [-0.1, -0.05) is 0 Å². The second-order valence-corrected chi connectivity index (χ2v) is 14.4. The Morgan fingerprint density at radius 2 is 1.63 bits per heavy atom. The van der Waals surface area contributed by atoms with Crippen molar-refractivity contribution in [1.82, 2.24) is 39.0 Å². The Balaban J connectivity index is 1.08. The summed E-state index contributed by atoms with van der Waals surface area (Å²) >= 11 is 4.36. The molecule has 15 nitrogen and oxygen atoms in total. The van der Waals surface area contributed by atoms with Crippen molar-refractivity contribution in [3.05, 3.63) is 25.3 Å². The zero-order chi connectivity index (χ0) is 28.1. The quantitative estimate of drug-likeness (QED) is 0.168. The fourth-order valence-corrected chi connectivity index (χ4v) is 8.47. The van der Waals surface area contributed by atoms with Gasteiger partial charge in [-0.2, -0.15) is 0 Å². The van der Waals surface area contributed by atoms with Crippen LogP contribution in [0.3, 0.4) is 0 Å². The molecule has 20 heteroatoms. The van der Waals surface area contributed by atoms with Crippen LogP contribution in [0.25, 0.3) is 22.3 Å². The van der Waals surface area contributed by atoms with Crippen LogP contribution in [0.1, 0.15) is 18.7 Å². The fraction of sp³-hybridized carbons (Fsp3) is 0.524. The number of anilines is 2. The Kier molecular flexibility index (Phi) is 7.85. The smallest absolute Gasteiger partial charge is 0.249 e. The summed E-state index contributed by atoms with van der Waals surface area (Å²) in [7, 11) is -0.708. The number of nitrogens with two attached hydrogens (primary N) is 2. The molecular formula is C21H25FN10O5P2S2. The minimum Gasteiger partial charge on any atom is -0.382 e. The van der Waals surface area contributed by atoms with E-state index in [9.17, 15) is 0 Å². The summed E-state index contributed by atoms with van der Waals surface area (Å²) in [6, 6.07) is 0.0700. The highest BCUT2D eigenvalue weighted by Crippen LogP contribution is 2.57. The highest BCUT2D eigenvalue weighted by Gasteiger charge is 2.49. The first-order valence-electron chi connectivity index (χ1n) is 12.6. The first kappa shape index (κ1) is 27.8. The van der Waals surface area contributed by atoms with E-state index in [4.69, 9.17) is 34.3 Å². The van der Waals surface area contributed by atoms with Crippen LogP contribution in [0, 0.1) is 11.8 Å². The molecule has 0 amide bonds. The van der Waals surface area contributed by atoms with Crippen molar-refractivity contribution in [2.24, 2.45) is 11.8 Å². The molecule has 2 unspecified atom stereocenters. The van der Waals surface area contributed by atoms with E-state index < -0.39 is 41.2 Å². The highest BCUT2D eigenvalue weighted by molar-refractivity contribution is 8.92. The summed E-state index contributed by atoms with van der Waals surface area (Å²) in [6.07, 6.45) is 2.39. The lowest BCUT2D eigenvalue weighted by atomic mass is 9.70. The molecule has 2 saturated heterocycles. The SMILES string of the molecule is Nc1ncnc2c1ncn2[C@@H]1C[C@@H]2COPO[C@H]3[C@@H](F)[C@H](n4cnc5c(N)ncnc54)O[C@@H]3COP(SS)OC[C@H]21. The van der Waals surface area contributed by atoms with E-state index in [0.29, 0.717) is 41.4 Å². The average molecular weight is 643 g/mol. The Labute approximate surface area is 244 Å². The van der Waals surface area contributed by atoms with Gasteiger partial charge in [-0.25, -0.2) is 34.3 Å². The van der Waals surface area contributed by atoms with Gasteiger partial charge in [0.05, 0.1) is 32.5 Å². The predicted octanol–water partition coefficient (Wildman–Crippen LogP) is 3.01. The van der Waals surface area contributed by atoms with E-state index >= 15 is 4.39 Å². The third kappa shape index (κ3) is 5.02. The van der Waals surface area contributed by atoms with E-state index in [2.05, 4.69) is 41.6 Å². The van der Waals surface area contributed by atoms with Crippen LogP contribution in [0.15, 0.2) is 25.3 Å². The Morgan fingerprint density at radius 3 is 2.37 bits per heavy atom. The van der Waals surface area contributed by atoms with Gasteiger partial charge in [-0.3, -0.25) is 4.57 Å². The number of imidazole rings is 2. The highest BCUT2D eigenvalue weighted by atomic mass is 33.3. The van der Waals surface area contributed by atoms with Crippen molar-refractivity contribution < 1.29 is 27.2 Å². The lowest BCUT2D eigenvalue weighted by Gasteiger charge is -2.45. The molecule has 0 radical (unpaired) electrons. The minimum absolute atomic E-state index is 0.0228.